The Bertz CT molecular complexity index is 429. The van der Waals surface area contributed by atoms with Gasteiger partial charge in [0.1, 0.15) is 5.82 Å². The van der Waals surface area contributed by atoms with Crippen molar-refractivity contribution in [3.05, 3.63) is 34.1 Å². The maximum Gasteiger partial charge on any atom is 0.124 e. The molecule has 1 aliphatic rings. The van der Waals surface area contributed by atoms with E-state index < -0.39 is 0 Å². The number of nitrogens with one attached hydrogen (secondary N) is 1. The predicted octanol–water partition coefficient (Wildman–Crippen LogP) is 3.68. The summed E-state index contributed by atoms with van der Waals surface area (Å²) in [6.45, 7) is 0. The quantitative estimate of drug-likeness (QED) is 0.859. The van der Waals surface area contributed by atoms with Crippen LogP contribution < -0.4 is 5.32 Å². The van der Waals surface area contributed by atoms with Crippen LogP contribution in [0, 0.1) is 5.82 Å². The van der Waals surface area contributed by atoms with Gasteiger partial charge < -0.3 is 10.1 Å². The first-order valence-corrected chi connectivity index (χ1v) is 7.54. The lowest BCUT2D eigenvalue weighted by Crippen LogP contribution is -2.45. The largest absolute Gasteiger partial charge is 0.378 e. The molecule has 106 valence electrons. The predicted molar refractivity (Wildman–Crippen MR) is 78.9 cm³/mol. The van der Waals surface area contributed by atoms with Crippen molar-refractivity contribution < 1.29 is 9.13 Å². The molecule has 19 heavy (non-hydrogen) atoms. The fourth-order valence-corrected chi connectivity index (χ4v) is 3.25. The molecule has 4 heteroatoms. The highest BCUT2D eigenvalue weighted by atomic mass is 79.9. The van der Waals surface area contributed by atoms with Gasteiger partial charge in [0.2, 0.25) is 0 Å². The number of benzene rings is 1. The van der Waals surface area contributed by atoms with Crippen molar-refractivity contribution >= 4 is 15.9 Å². The minimum absolute atomic E-state index is 0.0557. The van der Waals surface area contributed by atoms with Crippen molar-refractivity contribution in [2.75, 3.05) is 14.2 Å². The summed E-state index contributed by atoms with van der Waals surface area (Å²) < 4.78 is 19.6. The van der Waals surface area contributed by atoms with Crippen molar-refractivity contribution in [2.45, 2.75) is 43.7 Å². The number of hydrogen-bond donors (Lipinski definition) is 1. The molecule has 0 aliphatic heterocycles. The molecule has 0 heterocycles. The molecule has 1 N–H and O–H groups in total. The highest BCUT2D eigenvalue weighted by Gasteiger charge is 2.38. The smallest absolute Gasteiger partial charge is 0.124 e. The number of rotatable bonds is 6. The Kier molecular flexibility index (Phi) is 4.98. The van der Waals surface area contributed by atoms with E-state index in [0.29, 0.717) is 6.04 Å². The third-order valence-electron chi connectivity index (χ3n) is 4.21. The molecule has 2 rings (SSSR count). The first kappa shape index (κ1) is 14.9. The summed E-state index contributed by atoms with van der Waals surface area (Å²) in [6.07, 6.45) is 5.43. The Hall–Kier alpha value is -0.450. The second-order valence-electron chi connectivity index (χ2n) is 5.37. The van der Waals surface area contributed by atoms with Gasteiger partial charge in [-0.25, -0.2) is 4.39 Å². The third kappa shape index (κ3) is 3.56. The Morgan fingerprint density at radius 2 is 2.21 bits per heavy atom. The molecule has 0 amide bonds. The van der Waals surface area contributed by atoms with Gasteiger partial charge in [0.15, 0.2) is 0 Å². The monoisotopic (exact) mass is 329 g/mol. The van der Waals surface area contributed by atoms with Gasteiger partial charge in [0.05, 0.1) is 5.60 Å². The van der Waals surface area contributed by atoms with Crippen molar-refractivity contribution in [1.82, 2.24) is 5.32 Å². The van der Waals surface area contributed by atoms with Gasteiger partial charge in [-0.05, 0) is 56.8 Å². The molecule has 1 aliphatic carbocycles. The van der Waals surface area contributed by atoms with Gasteiger partial charge in [-0.2, -0.15) is 0 Å². The van der Waals surface area contributed by atoms with E-state index in [0.717, 1.165) is 35.7 Å². The minimum atomic E-state index is -0.205. The fourth-order valence-electron chi connectivity index (χ4n) is 2.74. The number of methoxy groups -OCH3 is 1. The SMILES string of the molecule is CNC(Cc1ccc(F)cc1Br)CC1(OC)CCC1. The standard InChI is InChI=1S/C15H21BrFNO/c1-18-13(10-15(19-2)6-3-7-15)8-11-4-5-12(17)9-14(11)16/h4-5,9,13,18H,3,6-8,10H2,1-2H3. The van der Waals surface area contributed by atoms with E-state index in [1.165, 1.54) is 18.6 Å². The molecular formula is C15H21BrFNO. The Morgan fingerprint density at radius 1 is 1.47 bits per heavy atom. The van der Waals surface area contributed by atoms with E-state index in [4.69, 9.17) is 4.74 Å². The van der Waals surface area contributed by atoms with E-state index >= 15 is 0 Å². The van der Waals surface area contributed by atoms with Crippen LogP contribution in [0.1, 0.15) is 31.2 Å². The molecule has 0 spiro atoms. The number of hydrogen-bond acceptors (Lipinski definition) is 2. The molecule has 1 aromatic carbocycles. The molecule has 0 radical (unpaired) electrons. The van der Waals surface area contributed by atoms with Crippen LogP contribution in [0.25, 0.3) is 0 Å². The molecule has 1 aromatic rings. The lowest BCUT2D eigenvalue weighted by Gasteiger charge is -2.43. The maximum absolute atomic E-state index is 13.1. The summed E-state index contributed by atoms with van der Waals surface area (Å²) in [5, 5.41) is 3.36. The highest BCUT2D eigenvalue weighted by Crippen LogP contribution is 2.39. The Balaban J connectivity index is 2.02. The second kappa shape index (κ2) is 6.33. The van der Waals surface area contributed by atoms with E-state index in [9.17, 15) is 4.39 Å². The van der Waals surface area contributed by atoms with Crippen LogP contribution in [0.5, 0.6) is 0 Å². The van der Waals surface area contributed by atoms with E-state index in [-0.39, 0.29) is 11.4 Å². The Morgan fingerprint density at radius 3 is 2.68 bits per heavy atom. The van der Waals surface area contributed by atoms with Crippen LogP contribution in [-0.4, -0.2) is 25.8 Å². The van der Waals surface area contributed by atoms with Crippen LogP contribution >= 0.6 is 15.9 Å². The summed E-state index contributed by atoms with van der Waals surface area (Å²) in [7, 11) is 3.78. The first-order valence-electron chi connectivity index (χ1n) is 6.75. The maximum atomic E-state index is 13.1. The van der Waals surface area contributed by atoms with Gasteiger partial charge in [-0.3, -0.25) is 0 Å². The topological polar surface area (TPSA) is 21.3 Å². The average molecular weight is 330 g/mol. The lowest BCUT2D eigenvalue weighted by atomic mass is 9.75. The van der Waals surface area contributed by atoms with Gasteiger partial charge in [0, 0.05) is 17.6 Å². The minimum Gasteiger partial charge on any atom is -0.378 e. The zero-order valence-corrected chi connectivity index (χ0v) is 13.1. The van der Waals surface area contributed by atoms with Gasteiger partial charge in [-0.1, -0.05) is 22.0 Å². The molecule has 1 fully saturated rings. The summed E-state index contributed by atoms with van der Waals surface area (Å²) in [5.74, 6) is -0.205. The molecule has 0 bridgehead atoms. The van der Waals surface area contributed by atoms with Crippen LogP contribution in [0.4, 0.5) is 4.39 Å². The van der Waals surface area contributed by atoms with Gasteiger partial charge >= 0.3 is 0 Å². The first-order chi connectivity index (χ1) is 9.08. The van der Waals surface area contributed by atoms with E-state index in [1.807, 2.05) is 13.1 Å². The number of halogens is 2. The van der Waals surface area contributed by atoms with E-state index in [1.54, 1.807) is 7.11 Å². The Labute approximate surface area is 122 Å². The molecule has 0 saturated heterocycles. The van der Waals surface area contributed by atoms with Crippen LogP contribution in [0.3, 0.4) is 0 Å². The summed E-state index contributed by atoms with van der Waals surface area (Å²) in [5.41, 5.74) is 1.19. The summed E-state index contributed by atoms with van der Waals surface area (Å²) in [4.78, 5) is 0. The molecular weight excluding hydrogens is 309 g/mol. The zero-order valence-electron chi connectivity index (χ0n) is 11.5. The van der Waals surface area contributed by atoms with Crippen molar-refractivity contribution in [2.24, 2.45) is 0 Å². The van der Waals surface area contributed by atoms with Crippen molar-refractivity contribution in [3.63, 3.8) is 0 Å². The summed E-state index contributed by atoms with van der Waals surface area (Å²) >= 11 is 3.43. The van der Waals surface area contributed by atoms with Crippen molar-refractivity contribution in [1.29, 1.82) is 0 Å². The second-order valence-corrected chi connectivity index (χ2v) is 6.22. The molecule has 0 aromatic heterocycles. The van der Waals surface area contributed by atoms with Crippen molar-refractivity contribution in [3.8, 4) is 0 Å². The molecule has 1 unspecified atom stereocenters. The fraction of sp³-hybridized carbons (Fsp3) is 0.600. The highest BCUT2D eigenvalue weighted by molar-refractivity contribution is 9.10. The molecule has 2 nitrogen and oxygen atoms in total. The lowest BCUT2D eigenvalue weighted by molar-refractivity contribution is -0.0830. The molecule has 1 atom stereocenters. The van der Waals surface area contributed by atoms with Gasteiger partial charge in [-0.15, -0.1) is 0 Å². The number of ether oxygens (including phenoxy) is 1. The van der Waals surface area contributed by atoms with Crippen LogP contribution in [0.2, 0.25) is 0 Å². The number of likely N-dealkylation sites (N-methyl/N-ethyl adjacent to an activating group) is 1. The van der Waals surface area contributed by atoms with Crippen LogP contribution in [0.15, 0.2) is 22.7 Å². The van der Waals surface area contributed by atoms with Crippen LogP contribution in [-0.2, 0) is 11.2 Å². The summed E-state index contributed by atoms with van der Waals surface area (Å²) in [6, 6.07) is 5.24. The van der Waals surface area contributed by atoms with E-state index in [2.05, 4.69) is 21.2 Å². The molecule has 1 saturated carbocycles. The zero-order chi connectivity index (χ0) is 13.9. The normalized spacial score (nSPS) is 18.9. The average Bonchev–Trinajstić information content (AvgIpc) is 2.35. The third-order valence-corrected chi connectivity index (χ3v) is 4.94. The van der Waals surface area contributed by atoms with Gasteiger partial charge in [0.25, 0.3) is 0 Å².